The smallest absolute Gasteiger partial charge is 0.234 e. The van der Waals surface area contributed by atoms with Crippen LogP contribution in [0.4, 0.5) is 5.69 Å². The zero-order chi connectivity index (χ0) is 22.7. The molecule has 1 N–H and O–H groups in total. The third kappa shape index (κ3) is 5.50. The molecule has 5 nitrogen and oxygen atoms in total. The van der Waals surface area contributed by atoms with Crippen molar-refractivity contribution in [2.24, 2.45) is 9.98 Å². The summed E-state index contributed by atoms with van der Waals surface area (Å²) in [4.78, 5) is 25.1. The highest BCUT2D eigenvalue weighted by Gasteiger charge is 2.39. The van der Waals surface area contributed by atoms with Crippen molar-refractivity contribution in [2.75, 3.05) is 31.2 Å². The predicted octanol–water partition coefficient (Wildman–Crippen LogP) is 5.57. The highest BCUT2D eigenvalue weighted by molar-refractivity contribution is 9.10. The second-order valence-corrected chi connectivity index (χ2v) is 10.7. The summed E-state index contributed by atoms with van der Waals surface area (Å²) in [5.74, 6) is 0.740. The number of rotatable bonds is 5. The number of nitrogens with one attached hydrogen (secondary N) is 1. The highest BCUT2D eigenvalue weighted by Crippen LogP contribution is 2.35. The molecule has 7 heteroatoms. The lowest BCUT2D eigenvalue weighted by atomic mass is 9.99. The zero-order valence-electron chi connectivity index (χ0n) is 18.8. The first-order chi connectivity index (χ1) is 15.3. The number of likely N-dealkylation sites (tertiary alicyclic amines) is 1. The Morgan fingerprint density at radius 3 is 2.38 bits per heavy atom. The van der Waals surface area contributed by atoms with Crippen LogP contribution >= 0.6 is 27.7 Å². The quantitative estimate of drug-likeness (QED) is 0.569. The van der Waals surface area contributed by atoms with Gasteiger partial charge in [0, 0.05) is 41.7 Å². The van der Waals surface area contributed by atoms with Crippen molar-refractivity contribution in [3.8, 4) is 0 Å². The van der Waals surface area contributed by atoms with Crippen molar-refractivity contribution in [1.29, 1.82) is 0 Å². The summed E-state index contributed by atoms with van der Waals surface area (Å²) in [6.07, 6.45) is 1.81. The van der Waals surface area contributed by atoms with Gasteiger partial charge in [-0.2, -0.15) is 0 Å². The highest BCUT2D eigenvalue weighted by atomic mass is 79.9. The normalized spacial score (nSPS) is 18.0. The number of aliphatic imine (C=N–C) groups is 2. The molecule has 0 radical (unpaired) electrons. The topological polar surface area (TPSA) is 57.1 Å². The lowest BCUT2D eigenvalue weighted by Gasteiger charge is -2.33. The van der Waals surface area contributed by atoms with Crippen molar-refractivity contribution in [2.45, 2.75) is 38.3 Å². The van der Waals surface area contributed by atoms with E-state index in [0.29, 0.717) is 11.7 Å². The summed E-state index contributed by atoms with van der Waals surface area (Å²) in [5.41, 5.74) is 3.64. The number of carbonyl (C=O) groups excluding carboxylic acids is 1. The third-order valence-corrected chi connectivity index (χ3v) is 7.43. The van der Waals surface area contributed by atoms with Crippen LogP contribution < -0.4 is 5.32 Å². The molecular weight excluding hydrogens is 484 g/mol. The Labute approximate surface area is 202 Å². The van der Waals surface area contributed by atoms with Gasteiger partial charge >= 0.3 is 0 Å². The van der Waals surface area contributed by atoms with Crippen molar-refractivity contribution in [3.63, 3.8) is 0 Å². The average molecular weight is 514 g/mol. The standard InChI is InChI=1S/C25H29BrN4OS/c1-17(2)18-6-10-21(11-7-18)27-22(31)16-32-24-23(19-4-8-20(26)9-5-19)28-25(29-24)12-14-30(3)15-13-25/h4-11,17H,12-16H2,1-3H3,(H,27,31). The maximum Gasteiger partial charge on any atom is 0.234 e. The summed E-state index contributed by atoms with van der Waals surface area (Å²) >= 11 is 4.98. The molecule has 4 rings (SSSR count). The minimum atomic E-state index is -0.388. The number of hydrogen-bond donors (Lipinski definition) is 1. The van der Waals surface area contributed by atoms with Gasteiger partial charge in [-0.15, -0.1) is 0 Å². The summed E-state index contributed by atoms with van der Waals surface area (Å²) in [6, 6.07) is 16.2. The second-order valence-electron chi connectivity index (χ2n) is 8.78. The van der Waals surface area contributed by atoms with Crippen LogP contribution in [0, 0.1) is 0 Å². The number of halogens is 1. The van der Waals surface area contributed by atoms with Crippen LogP contribution in [0.5, 0.6) is 0 Å². The van der Waals surface area contributed by atoms with Gasteiger partial charge in [0.15, 0.2) is 5.66 Å². The van der Waals surface area contributed by atoms with E-state index in [1.165, 1.54) is 17.3 Å². The predicted molar refractivity (Wildman–Crippen MR) is 139 cm³/mol. The van der Waals surface area contributed by atoms with Crippen LogP contribution in [0.15, 0.2) is 63.0 Å². The first-order valence-electron chi connectivity index (χ1n) is 11.0. The van der Waals surface area contributed by atoms with E-state index in [4.69, 9.17) is 9.98 Å². The molecule has 0 saturated carbocycles. The summed E-state index contributed by atoms with van der Waals surface area (Å²) in [6.45, 7) is 6.28. The fraction of sp³-hybridized carbons (Fsp3) is 0.400. The van der Waals surface area contributed by atoms with Gasteiger partial charge in [0.25, 0.3) is 0 Å². The molecule has 0 aromatic heterocycles. The number of benzene rings is 2. The second kappa shape index (κ2) is 9.89. The SMILES string of the molecule is CC(C)c1ccc(NC(=O)CSC2=NC3(CCN(C)CC3)N=C2c2ccc(Br)cc2)cc1. The molecule has 1 saturated heterocycles. The molecule has 0 atom stereocenters. The van der Waals surface area contributed by atoms with Gasteiger partial charge in [0.05, 0.1) is 11.5 Å². The molecule has 2 aliphatic rings. The van der Waals surface area contributed by atoms with Crippen molar-refractivity contribution in [1.82, 2.24) is 4.90 Å². The van der Waals surface area contributed by atoms with Gasteiger partial charge < -0.3 is 10.2 Å². The number of carbonyl (C=O) groups is 1. The van der Waals surface area contributed by atoms with Gasteiger partial charge in [0.2, 0.25) is 5.91 Å². The van der Waals surface area contributed by atoms with Crippen LogP contribution in [0.2, 0.25) is 0 Å². The Hall–Kier alpha value is -1.96. The van der Waals surface area contributed by atoms with Gasteiger partial charge in [-0.25, -0.2) is 4.99 Å². The number of amides is 1. The Balaban J connectivity index is 1.46. The molecule has 2 aromatic carbocycles. The molecule has 1 fully saturated rings. The Morgan fingerprint density at radius 2 is 1.75 bits per heavy atom. The van der Waals surface area contributed by atoms with Crippen molar-refractivity contribution >= 4 is 50.0 Å². The van der Waals surface area contributed by atoms with E-state index in [-0.39, 0.29) is 11.6 Å². The Morgan fingerprint density at radius 1 is 1.09 bits per heavy atom. The van der Waals surface area contributed by atoms with Gasteiger partial charge in [-0.1, -0.05) is 65.8 Å². The van der Waals surface area contributed by atoms with E-state index in [1.807, 2.05) is 24.3 Å². The number of hydrogen-bond acceptors (Lipinski definition) is 5. The largest absolute Gasteiger partial charge is 0.325 e. The third-order valence-electron chi connectivity index (χ3n) is 5.94. The summed E-state index contributed by atoms with van der Waals surface area (Å²) in [7, 11) is 2.14. The first-order valence-corrected chi connectivity index (χ1v) is 12.8. The monoisotopic (exact) mass is 512 g/mol. The molecule has 0 unspecified atom stereocenters. The Bertz CT molecular complexity index is 1020. The van der Waals surface area contributed by atoms with Gasteiger partial charge in [0.1, 0.15) is 5.04 Å². The van der Waals surface area contributed by atoms with Crippen LogP contribution in [-0.4, -0.2) is 53.1 Å². The number of anilines is 1. The number of piperidine rings is 1. The number of thioether (sulfide) groups is 1. The van der Waals surface area contributed by atoms with E-state index in [2.05, 4.69) is 71.3 Å². The van der Waals surface area contributed by atoms with Gasteiger partial charge in [-0.05, 0) is 42.8 Å². The minimum Gasteiger partial charge on any atom is -0.325 e. The molecule has 168 valence electrons. The fourth-order valence-corrected chi connectivity index (χ4v) is 5.04. The van der Waals surface area contributed by atoms with Crippen molar-refractivity contribution < 1.29 is 4.79 Å². The van der Waals surface area contributed by atoms with Crippen LogP contribution in [0.3, 0.4) is 0 Å². The Kier molecular flexibility index (Phi) is 7.17. The number of nitrogens with zero attached hydrogens (tertiary/aromatic N) is 3. The summed E-state index contributed by atoms with van der Waals surface area (Å²) < 4.78 is 1.03. The average Bonchev–Trinajstić information content (AvgIpc) is 3.14. The maximum absolute atomic E-state index is 12.6. The molecule has 2 heterocycles. The van der Waals surface area contributed by atoms with E-state index >= 15 is 0 Å². The first kappa shape index (κ1) is 23.2. The van der Waals surface area contributed by atoms with Crippen molar-refractivity contribution in [3.05, 3.63) is 64.1 Å². The molecule has 2 aromatic rings. The molecule has 0 aliphatic carbocycles. The molecule has 32 heavy (non-hydrogen) atoms. The maximum atomic E-state index is 12.6. The molecule has 1 spiro atoms. The lowest BCUT2D eigenvalue weighted by molar-refractivity contribution is -0.113. The van der Waals surface area contributed by atoms with E-state index in [9.17, 15) is 4.79 Å². The minimum absolute atomic E-state index is 0.0329. The van der Waals surface area contributed by atoms with Gasteiger partial charge in [-0.3, -0.25) is 9.79 Å². The zero-order valence-corrected chi connectivity index (χ0v) is 21.2. The van der Waals surface area contributed by atoms with Crippen LogP contribution in [-0.2, 0) is 4.79 Å². The van der Waals surface area contributed by atoms with E-state index in [0.717, 1.165) is 52.4 Å². The molecule has 2 aliphatic heterocycles. The summed E-state index contributed by atoms with van der Waals surface area (Å²) in [5, 5.41) is 3.87. The molecule has 0 bridgehead atoms. The fourth-order valence-electron chi connectivity index (χ4n) is 3.90. The van der Waals surface area contributed by atoms with E-state index in [1.54, 1.807) is 0 Å². The lowest BCUT2D eigenvalue weighted by Crippen LogP contribution is -2.39. The van der Waals surface area contributed by atoms with Crippen LogP contribution in [0.25, 0.3) is 0 Å². The van der Waals surface area contributed by atoms with Crippen LogP contribution in [0.1, 0.15) is 43.7 Å². The van der Waals surface area contributed by atoms with E-state index < -0.39 is 0 Å². The molecule has 1 amide bonds. The molecular formula is C25H29BrN4OS.